The fourth-order valence-electron chi connectivity index (χ4n) is 8.21. The summed E-state index contributed by atoms with van der Waals surface area (Å²) in [5, 5.41) is 31.0. The van der Waals surface area contributed by atoms with Crippen LogP contribution in [0.4, 0.5) is 0 Å². The minimum Gasteiger partial charge on any atom is -0.462 e. The first-order valence-electron chi connectivity index (χ1n) is 26.5. The molecule has 0 aromatic carbocycles. The first kappa shape index (κ1) is 61.9. The van der Waals surface area contributed by atoms with Crippen LogP contribution in [-0.4, -0.2) is 96.0 Å². The minimum absolute atomic E-state index is 0.156. The van der Waals surface area contributed by atoms with Crippen LogP contribution in [0, 0.1) is 0 Å². The lowest BCUT2D eigenvalue weighted by Crippen LogP contribution is -2.60. The summed E-state index contributed by atoms with van der Waals surface area (Å²) in [4.78, 5) is 25.5. The third kappa shape index (κ3) is 36.9. The molecule has 1 fully saturated rings. The molecule has 13 heteroatoms. The summed E-state index contributed by atoms with van der Waals surface area (Å²) in [7, 11) is -4.61. The second-order valence-corrected chi connectivity index (χ2v) is 20.1. The number of hydrogen-bond donors (Lipinski definition) is 4. The van der Waals surface area contributed by atoms with Crippen LogP contribution in [0.1, 0.15) is 232 Å². The van der Waals surface area contributed by atoms with E-state index in [1.54, 1.807) is 0 Å². The molecule has 6 atom stereocenters. The minimum atomic E-state index is -4.61. The zero-order valence-corrected chi connectivity index (χ0v) is 42.2. The molecule has 0 aromatic heterocycles. The number of aliphatic hydroxyl groups is 3. The Kier molecular flexibility index (Phi) is 40.3. The molecule has 0 radical (unpaired) electrons. The maximum absolute atomic E-state index is 12.9. The van der Waals surface area contributed by atoms with Crippen LogP contribution in [-0.2, 0) is 38.7 Å². The van der Waals surface area contributed by atoms with Crippen molar-refractivity contribution in [1.29, 1.82) is 0 Å². The van der Waals surface area contributed by atoms with Crippen molar-refractivity contribution in [3.05, 3.63) is 37.0 Å². The fraction of sp³-hybridized carbons (Fsp3) is 0.849. The van der Waals surface area contributed by atoms with Gasteiger partial charge in [0.1, 0.15) is 36.8 Å². The summed E-state index contributed by atoms with van der Waals surface area (Å²) in [5.74, 6) is -2.03. The molecule has 0 saturated carbocycles. The standard InChI is InChI=1S/C53H96O12S/c1-3-5-7-9-11-13-15-17-19-20-21-22-23-24-25-26-28-29-31-33-35-37-39-41-48(54)62-43-46(44-63-53-52(58)51(57)50(56)47(65-53)45-66(59,60)61)64-49(55)42-40-38-36-34-32-30-27-18-16-14-12-10-8-6-4-2/h4,26,28,33,35,46-47,50-53,56-58H,2-3,5-25,27,29-32,34,36-45H2,1H3,(H,59,60,61)/b28-26+,35-33+/t46-,47-,50-,51?,52?,53+/m1/s1. The maximum atomic E-state index is 12.9. The van der Waals surface area contributed by atoms with Crippen molar-refractivity contribution in [2.45, 2.75) is 268 Å². The van der Waals surface area contributed by atoms with Crippen LogP contribution in [0.25, 0.3) is 0 Å². The SMILES string of the molecule is C=CCCCCCCCCCCCCCCCC(=O)O[C@H](COC(=O)CCC/C=C/CC/C=C/CCCCCCCCCCCCCCCC)CO[C@H]1O[C@H](CS(=O)(=O)O)[C@@H](O)C(O)C1O. The predicted octanol–water partition coefficient (Wildman–Crippen LogP) is 12.1. The van der Waals surface area contributed by atoms with E-state index in [-0.39, 0.29) is 19.4 Å². The van der Waals surface area contributed by atoms with Crippen molar-refractivity contribution in [3.8, 4) is 0 Å². The van der Waals surface area contributed by atoms with Gasteiger partial charge in [-0.05, 0) is 57.8 Å². The lowest BCUT2D eigenvalue weighted by atomic mass is 10.00. The molecule has 0 spiro atoms. The molecule has 1 aliphatic rings. The summed E-state index contributed by atoms with van der Waals surface area (Å²) in [6.07, 6.45) is 40.9. The van der Waals surface area contributed by atoms with E-state index >= 15 is 0 Å². The van der Waals surface area contributed by atoms with Gasteiger partial charge in [0.05, 0.1) is 6.61 Å². The molecule has 0 aromatic rings. The number of allylic oxidation sites excluding steroid dienone is 5. The van der Waals surface area contributed by atoms with E-state index in [0.717, 1.165) is 44.9 Å². The number of aliphatic hydroxyl groups excluding tert-OH is 3. The Labute approximate surface area is 401 Å². The Balaban J connectivity index is 2.35. The molecule has 386 valence electrons. The van der Waals surface area contributed by atoms with Crippen LogP contribution in [0.15, 0.2) is 37.0 Å². The average Bonchev–Trinajstić information content (AvgIpc) is 3.28. The molecule has 1 aliphatic heterocycles. The Morgan fingerprint density at radius 1 is 0.545 bits per heavy atom. The van der Waals surface area contributed by atoms with Crippen molar-refractivity contribution in [2.24, 2.45) is 0 Å². The molecule has 0 aliphatic carbocycles. The van der Waals surface area contributed by atoms with Gasteiger partial charge in [0.2, 0.25) is 0 Å². The van der Waals surface area contributed by atoms with Crippen LogP contribution in [0.2, 0.25) is 0 Å². The van der Waals surface area contributed by atoms with E-state index in [2.05, 4.69) is 37.8 Å². The molecule has 1 saturated heterocycles. The number of hydrogen-bond acceptors (Lipinski definition) is 11. The second-order valence-electron chi connectivity index (χ2n) is 18.6. The fourth-order valence-corrected chi connectivity index (χ4v) is 8.90. The topological polar surface area (TPSA) is 186 Å². The third-order valence-electron chi connectivity index (χ3n) is 12.3. The number of rotatable bonds is 46. The van der Waals surface area contributed by atoms with Gasteiger partial charge < -0.3 is 34.3 Å². The third-order valence-corrected chi connectivity index (χ3v) is 13.1. The van der Waals surface area contributed by atoms with Crippen LogP contribution in [0.3, 0.4) is 0 Å². The molecule has 4 N–H and O–H groups in total. The molecule has 66 heavy (non-hydrogen) atoms. The van der Waals surface area contributed by atoms with Crippen molar-refractivity contribution in [3.63, 3.8) is 0 Å². The normalized spacial score (nSPS) is 19.4. The summed E-state index contributed by atoms with van der Waals surface area (Å²) >= 11 is 0. The summed E-state index contributed by atoms with van der Waals surface area (Å²) in [6, 6.07) is 0. The highest BCUT2D eigenvalue weighted by atomic mass is 32.2. The van der Waals surface area contributed by atoms with Gasteiger partial charge >= 0.3 is 11.9 Å². The quantitative estimate of drug-likeness (QED) is 0.0196. The summed E-state index contributed by atoms with van der Waals surface area (Å²) < 4.78 is 54.2. The van der Waals surface area contributed by atoms with Crippen LogP contribution >= 0.6 is 0 Å². The number of carbonyl (C=O) groups is 2. The Hall–Kier alpha value is -2.13. The van der Waals surface area contributed by atoms with Gasteiger partial charge in [-0.3, -0.25) is 14.1 Å². The predicted molar refractivity (Wildman–Crippen MR) is 266 cm³/mol. The lowest BCUT2D eigenvalue weighted by Gasteiger charge is -2.40. The highest BCUT2D eigenvalue weighted by Crippen LogP contribution is 2.24. The zero-order valence-electron chi connectivity index (χ0n) is 41.4. The van der Waals surface area contributed by atoms with Crippen LogP contribution < -0.4 is 0 Å². The number of ether oxygens (including phenoxy) is 4. The molecular weight excluding hydrogens is 861 g/mol. The lowest BCUT2D eigenvalue weighted by molar-refractivity contribution is -0.297. The van der Waals surface area contributed by atoms with E-state index in [4.69, 9.17) is 18.9 Å². The first-order chi connectivity index (χ1) is 32.0. The van der Waals surface area contributed by atoms with Gasteiger partial charge in [-0.25, -0.2) is 0 Å². The second kappa shape index (κ2) is 42.9. The van der Waals surface area contributed by atoms with Crippen LogP contribution in [0.5, 0.6) is 0 Å². The van der Waals surface area contributed by atoms with Gasteiger partial charge in [-0.15, -0.1) is 6.58 Å². The van der Waals surface area contributed by atoms with E-state index in [9.17, 15) is 37.9 Å². The van der Waals surface area contributed by atoms with Crippen molar-refractivity contribution in [2.75, 3.05) is 19.0 Å². The summed E-state index contributed by atoms with van der Waals surface area (Å²) in [5.41, 5.74) is 0. The number of esters is 2. The highest BCUT2D eigenvalue weighted by Gasteiger charge is 2.46. The Bertz CT molecular complexity index is 1340. The van der Waals surface area contributed by atoms with E-state index in [1.165, 1.54) is 148 Å². The van der Waals surface area contributed by atoms with E-state index in [0.29, 0.717) is 19.3 Å². The number of unbranched alkanes of at least 4 members (excludes halogenated alkanes) is 29. The summed E-state index contributed by atoms with van der Waals surface area (Å²) in [6.45, 7) is 5.29. The molecule has 1 heterocycles. The van der Waals surface area contributed by atoms with Crippen molar-refractivity contribution >= 4 is 22.1 Å². The molecule has 2 unspecified atom stereocenters. The van der Waals surface area contributed by atoms with Gasteiger partial charge in [0.25, 0.3) is 10.1 Å². The largest absolute Gasteiger partial charge is 0.462 e. The molecule has 0 amide bonds. The van der Waals surface area contributed by atoms with Crippen molar-refractivity contribution < 1.29 is 56.8 Å². The van der Waals surface area contributed by atoms with Gasteiger partial charge in [-0.2, -0.15) is 8.42 Å². The number of carbonyl (C=O) groups excluding carboxylic acids is 2. The van der Waals surface area contributed by atoms with Gasteiger partial charge in [0, 0.05) is 12.8 Å². The average molecular weight is 957 g/mol. The smallest absolute Gasteiger partial charge is 0.306 e. The van der Waals surface area contributed by atoms with E-state index in [1.807, 2.05) is 6.08 Å². The molecule has 1 rings (SSSR count). The molecular formula is C53H96O12S. The maximum Gasteiger partial charge on any atom is 0.306 e. The first-order valence-corrected chi connectivity index (χ1v) is 28.1. The van der Waals surface area contributed by atoms with Gasteiger partial charge in [-0.1, -0.05) is 191 Å². The highest BCUT2D eigenvalue weighted by molar-refractivity contribution is 7.85. The van der Waals surface area contributed by atoms with Crippen molar-refractivity contribution in [1.82, 2.24) is 0 Å². The zero-order chi connectivity index (χ0) is 48.4. The molecule has 0 bridgehead atoms. The van der Waals surface area contributed by atoms with Gasteiger partial charge in [0.15, 0.2) is 12.4 Å². The monoisotopic (exact) mass is 957 g/mol. The molecule has 12 nitrogen and oxygen atoms in total. The van der Waals surface area contributed by atoms with E-state index < -0.39 is 71.2 Å². The Morgan fingerprint density at radius 2 is 0.970 bits per heavy atom. The Morgan fingerprint density at radius 3 is 1.45 bits per heavy atom.